The normalized spacial score (nSPS) is 13.2. The Morgan fingerprint density at radius 1 is 1.23 bits per heavy atom. The number of halogens is 1. The van der Waals surface area contributed by atoms with Crippen molar-refractivity contribution in [3.05, 3.63) is 59.0 Å². The number of anilines is 4. The van der Waals surface area contributed by atoms with E-state index in [4.69, 9.17) is 11.6 Å². The second kappa shape index (κ2) is 8.16. The zero-order valence-corrected chi connectivity index (χ0v) is 17.4. The zero-order valence-electron chi connectivity index (χ0n) is 16.6. The van der Waals surface area contributed by atoms with Gasteiger partial charge in [0.1, 0.15) is 5.82 Å². The third-order valence-electron chi connectivity index (χ3n) is 4.84. The van der Waals surface area contributed by atoms with Gasteiger partial charge in [-0.1, -0.05) is 23.7 Å². The van der Waals surface area contributed by atoms with Crippen molar-refractivity contribution in [3.63, 3.8) is 0 Å². The predicted octanol–water partition coefficient (Wildman–Crippen LogP) is 3.64. The average Bonchev–Trinajstić information content (AvgIpc) is 3.13. The van der Waals surface area contributed by atoms with Gasteiger partial charge in [0.05, 0.1) is 46.6 Å². The Hall–Kier alpha value is -3.39. The van der Waals surface area contributed by atoms with Gasteiger partial charge in [-0.25, -0.2) is 4.98 Å². The molecule has 0 spiro atoms. The van der Waals surface area contributed by atoms with Crippen molar-refractivity contribution in [2.45, 2.75) is 19.9 Å². The second-order valence-electron chi connectivity index (χ2n) is 7.24. The SMILES string of the molecule is CC(=O)Cn1cc(Nc2cc(Nc3cccc4c3C(=O)N(C)CC4)c(Cl)cn2)cn1. The summed E-state index contributed by atoms with van der Waals surface area (Å²) in [4.78, 5) is 29.9. The smallest absolute Gasteiger partial charge is 0.255 e. The lowest BCUT2D eigenvalue weighted by molar-refractivity contribution is -0.117. The number of carbonyl (C=O) groups is 2. The van der Waals surface area contributed by atoms with E-state index in [1.54, 1.807) is 35.1 Å². The molecular weight excluding hydrogens is 404 g/mol. The van der Waals surface area contributed by atoms with E-state index in [1.165, 1.54) is 13.1 Å². The second-order valence-corrected chi connectivity index (χ2v) is 7.65. The van der Waals surface area contributed by atoms with Gasteiger partial charge in [0.25, 0.3) is 5.91 Å². The van der Waals surface area contributed by atoms with Crippen LogP contribution in [-0.4, -0.2) is 44.9 Å². The van der Waals surface area contributed by atoms with E-state index in [9.17, 15) is 9.59 Å². The summed E-state index contributed by atoms with van der Waals surface area (Å²) in [5.74, 6) is 0.561. The molecule has 0 radical (unpaired) electrons. The van der Waals surface area contributed by atoms with Crippen LogP contribution in [0.15, 0.2) is 42.9 Å². The van der Waals surface area contributed by atoms with Crippen molar-refractivity contribution in [3.8, 4) is 0 Å². The molecule has 0 bridgehead atoms. The molecule has 9 heteroatoms. The number of hydrogen-bond acceptors (Lipinski definition) is 6. The first-order chi connectivity index (χ1) is 14.4. The Morgan fingerprint density at radius 3 is 2.87 bits per heavy atom. The number of benzene rings is 1. The standard InChI is InChI=1S/C21H21ClN6O2/c1-13(29)11-28-12-15(9-24-28)25-19-8-18(16(22)10-23-19)26-17-5-3-4-14-6-7-27(2)21(30)20(14)17/h3-5,8-10,12H,6-7,11H2,1-2H3,(H2,23,25,26). The fourth-order valence-electron chi connectivity index (χ4n) is 3.38. The number of aromatic nitrogens is 3. The van der Waals surface area contributed by atoms with Crippen LogP contribution >= 0.6 is 11.6 Å². The number of rotatable bonds is 6. The molecule has 1 aliphatic heterocycles. The molecule has 0 unspecified atom stereocenters. The first kappa shape index (κ1) is 19.9. The predicted molar refractivity (Wildman–Crippen MR) is 116 cm³/mol. The molecule has 154 valence electrons. The lowest BCUT2D eigenvalue weighted by Crippen LogP contribution is -2.34. The summed E-state index contributed by atoms with van der Waals surface area (Å²) in [7, 11) is 1.80. The number of hydrogen-bond donors (Lipinski definition) is 2. The highest BCUT2D eigenvalue weighted by molar-refractivity contribution is 6.33. The summed E-state index contributed by atoms with van der Waals surface area (Å²) in [6, 6.07) is 7.54. The van der Waals surface area contributed by atoms with Gasteiger partial charge in [0.2, 0.25) is 0 Å². The minimum atomic E-state index is -0.0132. The summed E-state index contributed by atoms with van der Waals surface area (Å²) in [6.07, 6.45) is 5.70. The topological polar surface area (TPSA) is 92.2 Å². The largest absolute Gasteiger partial charge is 0.353 e. The van der Waals surface area contributed by atoms with Crippen molar-refractivity contribution >= 4 is 46.2 Å². The summed E-state index contributed by atoms with van der Waals surface area (Å²) in [5, 5.41) is 11.0. The number of amides is 1. The van der Waals surface area contributed by atoms with Crippen molar-refractivity contribution < 1.29 is 9.59 Å². The van der Waals surface area contributed by atoms with Crippen LogP contribution in [-0.2, 0) is 17.8 Å². The van der Waals surface area contributed by atoms with Gasteiger partial charge in [-0.05, 0) is 25.0 Å². The van der Waals surface area contributed by atoms with Crippen LogP contribution in [0, 0.1) is 0 Å². The molecule has 2 N–H and O–H groups in total. The average molecular weight is 425 g/mol. The highest BCUT2D eigenvalue weighted by atomic mass is 35.5. The molecule has 0 saturated carbocycles. The molecule has 0 fully saturated rings. The van der Waals surface area contributed by atoms with E-state index in [0.29, 0.717) is 40.0 Å². The molecule has 1 amide bonds. The maximum atomic E-state index is 12.7. The minimum Gasteiger partial charge on any atom is -0.353 e. The van der Waals surface area contributed by atoms with Gasteiger partial charge in [0.15, 0.2) is 5.78 Å². The van der Waals surface area contributed by atoms with Gasteiger partial charge in [0, 0.05) is 25.9 Å². The molecule has 2 aromatic heterocycles. The van der Waals surface area contributed by atoms with E-state index >= 15 is 0 Å². The Morgan fingerprint density at radius 2 is 2.07 bits per heavy atom. The molecule has 1 aliphatic rings. The van der Waals surface area contributed by atoms with E-state index < -0.39 is 0 Å². The summed E-state index contributed by atoms with van der Waals surface area (Å²) >= 11 is 6.36. The number of ketones is 1. The zero-order chi connectivity index (χ0) is 21.3. The number of Topliss-reactive ketones (excluding diaryl/α,β-unsaturated/α-hetero) is 1. The van der Waals surface area contributed by atoms with Crippen molar-refractivity contribution in [1.29, 1.82) is 0 Å². The first-order valence-corrected chi connectivity index (χ1v) is 9.87. The molecule has 3 aromatic rings. The molecule has 30 heavy (non-hydrogen) atoms. The summed E-state index contributed by atoms with van der Waals surface area (Å²) in [6.45, 7) is 2.43. The Balaban J connectivity index is 1.59. The van der Waals surface area contributed by atoms with Crippen LogP contribution in [0.4, 0.5) is 22.9 Å². The molecule has 8 nitrogen and oxygen atoms in total. The van der Waals surface area contributed by atoms with Crippen LogP contribution in [0.1, 0.15) is 22.8 Å². The van der Waals surface area contributed by atoms with Gasteiger partial charge < -0.3 is 15.5 Å². The van der Waals surface area contributed by atoms with Crippen LogP contribution in [0.25, 0.3) is 0 Å². The van der Waals surface area contributed by atoms with Gasteiger partial charge in [-0.3, -0.25) is 14.3 Å². The van der Waals surface area contributed by atoms with Crippen LogP contribution in [0.3, 0.4) is 0 Å². The lowest BCUT2D eigenvalue weighted by Gasteiger charge is -2.27. The number of nitrogens with zero attached hydrogens (tertiary/aromatic N) is 4. The third kappa shape index (κ3) is 4.13. The van der Waals surface area contributed by atoms with Crippen molar-refractivity contribution in [1.82, 2.24) is 19.7 Å². The molecule has 4 rings (SSSR count). The first-order valence-electron chi connectivity index (χ1n) is 9.49. The maximum absolute atomic E-state index is 12.7. The number of carbonyl (C=O) groups excluding carboxylic acids is 2. The fourth-order valence-corrected chi connectivity index (χ4v) is 3.53. The van der Waals surface area contributed by atoms with E-state index in [-0.39, 0.29) is 18.2 Å². The van der Waals surface area contributed by atoms with E-state index in [2.05, 4.69) is 20.7 Å². The quantitative estimate of drug-likeness (QED) is 0.627. The van der Waals surface area contributed by atoms with E-state index in [1.807, 2.05) is 18.2 Å². The van der Waals surface area contributed by atoms with E-state index in [0.717, 1.165) is 12.0 Å². The number of nitrogens with one attached hydrogen (secondary N) is 2. The highest BCUT2D eigenvalue weighted by Gasteiger charge is 2.24. The summed E-state index contributed by atoms with van der Waals surface area (Å²) < 4.78 is 1.55. The maximum Gasteiger partial charge on any atom is 0.255 e. The van der Waals surface area contributed by atoms with Crippen molar-refractivity contribution in [2.75, 3.05) is 24.2 Å². The molecule has 0 atom stereocenters. The molecule has 3 heterocycles. The van der Waals surface area contributed by atoms with Gasteiger partial charge in [-0.15, -0.1) is 0 Å². The lowest BCUT2D eigenvalue weighted by atomic mass is 9.97. The molecule has 1 aromatic carbocycles. The minimum absolute atomic E-state index is 0.0132. The molecule has 0 aliphatic carbocycles. The Bertz CT molecular complexity index is 1130. The summed E-state index contributed by atoms with van der Waals surface area (Å²) in [5.41, 5.74) is 3.71. The van der Waals surface area contributed by atoms with Crippen LogP contribution in [0.5, 0.6) is 0 Å². The third-order valence-corrected chi connectivity index (χ3v) is 5.14. The number of likely N-dealkylation sites (N-methyl/N-ethyl adjacent to an activating group) is 1. The van der Waals surface area contributed by atoms with Gasteiger partial charge >= 0.3 is 0 Å². The number of pyridine rings is 1. The molecular formula is C21H21ClN6O2. The highest BCUT2D eigenvalue weighted by Crippen LogP contribution is 2.32. The Labute approximate surface area is 178 Å². The monoisotopic (exact) mass is 424 g/mol. The van der Waals surface area contributed by atoms with Crippen LogP contribution < -0.4 is 10.6 Å². The fraction of sp³-hybridized carbons (Fsp3) is 0.238. The number of fused-ring (bicyclic) bond motifs is 1. The molecule has 0 saturated heterocycles. The van der Waals surface area contributed by atoms with Gasteiger partial charge in [-0.2, -0.15) is 5.10 Å². The van der Waals surface area contributed by atoms with Crippen molar-refractivity contribution in [2.24, 2.45) is 0 Å². The Kier molecular flexibility index (Phi) is 5.41. The van der Waals surface area contributed by atoms with Crippen LogP contribution in [0.2, 0.25) is 5.02 Å².